The van der Waals surface area contributed by atoms with Gasteiger partial charge >= 0.3 is 0 Å². The lowest BCUT2D eigenvalue weighted by molar-refractivity contribution is 0.438. The van der Waals surface area contributed by atoms with Gasteiger partial charge in [0.25, 0.3) is 0 Å². The molecule has 0 amide bonds. The molecule has 0 aromatic heterocycles. The van der Waals surface area contributed by atoms with Crippen molar-refractivity contribution in [3.05, 3.63) is 24.0 Å². The van der Waals surface area contributed by atoms with E-state index in [0.717, 1.165) is 18.6 Å². The van der Waals surface area contributed by atoms with Crippen LogP contribution in [-0.2, 0) is 9.84 Å². The summed E-state index contributed by atoms with van der Waals surface area (Å²) < 4.78 is 36.8. The molecule has 0 aliphatic heterocycles. The van der Waals surface area contributed by atoms with Crippen molar-refractivity contribution >= 4 is 15.5 Å². The molecule has 3 nitrogen and oxygen atoms in total. The van der Waals surface area contributed by atoms with Gasteiger partial charge < -0.3 is 5.32 Å². The summed E-state index contributed by atoms with van der Waals surface area (Å²) in [7, 11) is -3.29. The van der Waals surface area contributed by atoms with E-state index in [-0.39, 0.29) is 10.7 Å². The SMILES string of the molecule is CS(=O)(=O)c1ccc(F)c(NC2CC3CCC2C3)c1. The minimum absolute atomic E-state index is 0.166. The van der Waals surface area contributed by atoms with Crippen molar-refractivity contribution in [2.45, 2.75) is 36.6 Å². The second-order valence-electron chi connectivity index (χ2n) is 5.84. The molecule has 1 aromatic carbocycles. The third kappa shape index (κ3) is 2.48. The highest BCUT2D eigenvalue weighted by Gasteiger charge is 2.39. The van der Waals surface area contributed by atoms with Crippen molar-refractivity contribution in [1.82, 2.24) is 0 Å². The molecule has 2 aliphatic carbocycles. The molecule has 0 heterocycles. The Labute approximate surface area is 113 Å². The Morgan fingerprint density at radius 1 is 1.26 bits per heavy atom. The van der Waals surface area contributed by atoms with E-state index in [1.807, 2.05) is 0 Å². The molecule has 1 aromatic rings. The maximum Gasteiger partial charge on any atom is 0.175 e. The minimum Gasteiger partial charge on any atom is -0.380 e. The standard InChI is InChI=1S/C14H18FNO2S/c1-19(17,18)11-4-5-12(15)14(8-11)16-13-7-9-2-3-10(13)6-9/h4-5,8-10,13,16H,2-3,6-7H2,1H3. The number of benzene rings is 1. The number of hydrogen-bond acceptors (Lipinski definition) is 3. The first kappa shape index (κ1) is 12.9. The van der Waals surface area contributed by atoms with Gasteiger partial charge in [0.15, 0.2) is 9.84 Å². The van der Waals surface area contributed by atoms with Gasteiger partial charge in [0.05, 0.1) is 10.6 Å². The van der Waals surface area contributed by atoms with Crippen LogP contribution in [0.5, 0.6) is 0 Å². The summed E-state index contributed by atoms with van der Waals surface area (Å²) in [5.41, 5.74) is 0.320. The Bertz CT molecular complexity index is 599. The van der Waals surface area contributed by atoms with Crippen LogP contribution < -0.4 is 5.32 Å². The molecule has 2 bridgehead atoms. The third-order valence-electron chi connectivity index (χ3n) is 4.44. The fraction of sp³-hybridized carbons (Fsp3) is 0.571. The van der Waals surface area contributed by atoms with E-state index in [0.29, 0.717) is 17.6 Å². The summed E-state index contributed by atoms with van der Waals surface area (Å²) in [6.45, 7) is 0. The van der Waals surface area contributed by atoms with E-state index in [2.05, 4.69) is 5.32 Å². The molecule has 0 radical (unpaired) electrons. The zero-order valence-corrected chi connectivity index (χ0v) is 11.7. The second-order valence-corrected chi connectivity index (χ2v) is 7.86. The van der Waals surface area contributed by atoms with Crippen LogP contribution in [0.1, 0.15) is 25.7 Å². The number of anilines is 1. The maximum atomic E-state index is 13.8. The molecule has 1 N–H and O–H groups in total. The summed E-state index contributed by atoms with van der Waals surface area (Å²) in [5, 5.41) is 3.21. The first-order valence-electron chi connectivity index (χ1n) is 6.69. The molecule has 3 rings (SSSR count). The van der Waals surface area contributed by atoms with Crippen LogP contribution in [0.4, 0.5) is 10.1 Å². The molecule has 2 saturated carbocycles. The van der Waals surface area contributed by atoms with Crippen LogP contribution in [0.2, 0.25) is 0 Å². The number of halogens is 1. The van der Waals surface area contributed by atoms with E-state index in [1.54, 1.807) is 0 Å². The first-order chi connectivity index (χ1) is 8.93. The monoisotopic (exact) mass is 283 g/mol. The second kappa shape index (κ2) is 4.47. The van der Waals surface area contributed by atoms with Crippen molar-refractivity contribution in [1.29, 1.82) is 0 Å². The van der Waals surface area contributed by atoms with Gasteiger partial charge in [0.1, 0.15) is 5.82 Å². The van der Waals surface area contributed by atoms with Gasteiger partial charge in [-0.2, -0.15) is 0 Å². The lowest BCUT2D eigenvalue weighted by atomic mass is 9.95. The molecular formula is C14H18FNO2S. The molecule has 5 heteroatoms. The molecule has 2 aliphatic rings. The van der Waals surface area contributed by atoms with Crippen molar-refractivity contribution < 1.29 is 12.8 Å². The number of fused-ring (bicyclic) bond motifs is 2. The summed E-state index contributed by atoms with van der Waals surface area (Å²) in [6.07, 6.45) is 5.93. The molecule has 0 spiro atoms. The molecule has 3 unspecified atom stereocenters. The zero-order valence-electron chi connectivity index (χ0n) is 10.9. The van der Waals surface area contributed by atoms with Crippen LogP contribution >= 0.6 is 0 Å². The molecule has 0 saturated heterocycles. The molecular weight excluding hydrogens is 265 g/mol. The van der Waals surface area contributed by atoms with Crippen LogP contribution in [0.15, 0.2) is 23.1 Å². The van der Waals surface area contributed by atoms with Gasteiger partial charge in [0.2, 0.25) is 0 Å². The lowest BCUT2D eigenvalue weighted by Crippen LogP contribution is -2.26. The maximum absolute atomic E-state index is 13.8. The van der Waals surface area contributed by atoms with Gasteiger partial charge in [0, 0.05) is 12.3 Å². The smallest absolute Gasteiger partial charge is 0.175 e. The van der Waals surface area contributed by atoms with Crippen molar-refractivity contribution in [3.63, 3.8) is 0 Å². The Hall–Kier alpha value is -1.10. The number of rotatable bonds is 3. The summed E-state index contributed by atoms with van der Waals surface area (Å²) in [5.74, 6) is 1.00. The zero-order chi connectivity index (χ0) is 13.6. The molecule has 104 valence electrons. The highest BCUT2D eigenvalue weighted by atomic mass is 32.2. The number of sulfone groups is 1. The third-order valence-corrected chi connectivity index (χ3v) is 5.56. The van der Waals surface area contributed by atoms with Crippen LogP contribution in [-0.4, -0.2) is 20.7 Å². The number of hydrogen-bond donors (Lipinski definition) is 1. The predicted octanol–water partition coefficient (Wildman–Crippen LogP) is 2.83. The molecule has 3 atom stereocenters. The fourth-order valence-electron chi connectivity index (χ4n) is 3.47. The topological polar surface area (TPSA) is 46.2 Å². The average Bonchev–Trinajstić information content (AvgIpc) is 2.92. The first-order valence-corrected chi connectivity index (χ1v) is 8.59. The van der Waals surface area contributed by atoms with Gasteiger partial charge in [-0.15, -0.1) is 0 Å². The average molecular weight is 283 g/mol. The Balaban J connectivity index is 1.84. The van der Waals surface area contributed by atoms with E-state index in [1.165, 1.54) is 37.5 Å². The van der Waals surface area contributed by atoms with Crippen LogP contribution in [0, 0.1) is 17.7 Å². The predicted molar refractivity (Wildman–Crippen MR) is 72.4 cm³/mol. The lowest BCUT2D eigenvalue weighted by Gasteiger charge is -2.24. The summed E-state index contributed by atoms with van der Waals surface area (Å²) in [6, 6.07) is 4.25. The van der Waals surface area contributed by atoms with Crippen LogP contribution in [0.25, 0.3) is 0 Å². The Morgan fingerprint density at radius 3 is 2.63 bits per heavy atom. The highest BCUT2D eigenvalue weighted by molar-refractivity contribution is 7.90. The summed E-state index contributed by atoms with van der Waals surface area (Å²) >= 11 is 0. The van der Waals surface area contributed by atoms with E-state index >= 15 is 0 Å². The van der Waals surface area contributed by atoms with E-state index in [4.69, 9.17) is 0 Å². The molecule has 2 fully saturated rings. The summed E-state index contributed by atoms with van der Waals surface area (Å²) in [4.78, 5) is 0.166. The highest BCUT2D eigenvalue weighted by Crippen LogP contribution is 2.45. The van der Waals surface area contributed by atoms with Gasteiger partial charge in [-0.05, 0) is 49.3 Å². The largest absolute Gasteiger partial charge is 0.380 e. The Morgan fingerprint density at radius 2 is 2.05 bits per heavy atom. The van der Waals surface area contributed by atoms with E-state index in [9.17, 15) is 12.8 Å². The van der Waals surface area contributed by atoms with Gasteiger partial charge in [-0.3, -0.25) is 0 Å². The fourth-order valence-corrected chi connectivity index (χ4v) is 4.11. The van der Waals surface area contributed by atoms with Gasteiger partial charge in [-0.1, -0.05) is 6.42 Å². The quantitative estimate of drug-likeness (QED) is 0.868. The Kier molecular flexibility index (Phi) is 3.04. The van der Waals surface area contributed by atoms with E-state index < -0.39 is 9.84 Å². The minimum atomic E-state index is -3.29. The van der Waals surface area contributed by atoms with Crippen molar-refractivity contribution in [3.8, 4) is 0 Å². The van der Waals surface area contributed by atoms with Crippen LogP contribution in [0.3, 0.4) is 0 Å². The normalized spacial score (nSPS) is 29.7. The van der Waals surface area contributed by atoms with Gasteiger partial charge in [-0.25, -0.2) is 12.8 Å². The number of nitrogens with one attached hydrogen (secondary N) is 1. The molecule has 19 heavy (non-hydrogen) atoms. The van der Waals surface area contributed by atoms with Crippen molar-refractivity contribution in [2.75, 3.05) is 11.6 Å². The van der Waals surface area contributed by atoms with Crippen molar-refractivity contribution in [2.24, 2.45) is 11.8 Å².